The number of sulfone groups is 1. The van der Waals surface area contributed by atoms with Gasteiger partial charge in [-0.2, -0.15) is 0 Å². The van der Waals surface area contributed by atoms with Crippen LogP contribution in [0.3, 0.4) is 0 Å². The van der Waals surface area contributed by atoms with Gasteiger partial charge in [-0.25, -0.2) is 8.42 Å². The largest absolute Gasteiger partial charge is 0.339 e. The first-order valence-electron chi connectivity index (χ1n) is 5.62. The summed E-state index contributed by atoms with van der Waals surface area (Å²) in [7, 11) is -3.30. The Bertz CT molecular complexity index is 364. The normalized spacial score (nSPS) is 20.3. The van der Waals surface area contributed by atoms with Gasteiger partial charge in [0.1, 0.15) is 5.25 Å². The monoisotopic (exact) mass is 282 g/mol. The number of nitrogens with zero attached hydrogens (tertiary/aromatic N) is 2. The number of rotatable bonds is 4. The standard InChI is InChI=1S/C10H19ClN2O3S/c1-9(17(2,15)16)10(14)13-7-5-12(4-3-11)6-8-13/h9H,3-8H2,1-2H3. The molecule has 0 aromatic heterocycles. The van der Waals surface area contributed by atoms with Crippen molar-refractivity contribution in [2.45, 2.75) is 12.2 Å². The van der Waals surface area contributed by atoms with Crippen molar-refractivity contribution < 1.29 is 13.2 Å². The van der Waals surface area contributed by atoms with Crippen LogP contribution in [0, 0.1) is 0 Å². The van der Waals surface area contributed by atoms with E-state index in [1.807, 2.05) is 0 Å². The van der Waals surface area contributed by atoms with Gasteiger partial charge in [0.2, 0.25) is 5.91 Å². The van der Waals surface area contributed by atoms with E-state index in [4.69, 9.17) is 11.6 Å². The van der Waals surface area contributed by atoms with Crippen LogP contribution in [0.4, 0.5) is 0 Å². The number of alkyl halides is 1. The molecule has 1 rings (SSSR count). The molecule has 0 saturated carbocycles. The van der Waals surface area contributed by atoms with E-state index in [1.54, 1.807) is 4.90 Å². The second kappa shape index (κ2) is 6.02. The van der Waals surface area contributed by atoms with E-state index < -0.39 is 15.1 Å². The van der Waals surface area contributed by atoms with E-state index in [-0.39, 0.29) is 5.91 Å². The third kappa shape index (κ3) is 4.12. The van der Waals surface area contributed by atoms with Crippen molar-refractivity contribution in [2.75, 3.05) is 44.9 Å². The predicted octanol–water partition coefficient (Wildman–Crippen LogP) is -0.197. The molecule has 7 heteroatoms. The van der Waals surface area contributed by atoms with Gasteiger partial charge in [-0.3, -0.25) is 9.69 Å². The molecule has 5 nitrogen and oxygen atoms in total. The highest BCUT2D eigenvalue weighted by Crippen LogP contribution is 2.08. The van der Waals surface area contributed by atoms with Crippen LogP contribution in [-0.4, -0.2) is 74.2 Å². The molecule has 100 valence electrons. The van der Waals surface area contributed by atoms with E-state index in [0.29, 0.717) is 19.0 Å². The minimum absolute atomic E-state index is 0.293. The van der Waals surface area contributed by atoms with Crippen LogP contribution >= 0.6 is 11.6 Å². The van der Waals surface area contributed by atoms with Gasteiger partial charge in [-0.15, -0.1) is 11.6 Å². The third-order valence-corrected chi connectivity index (χ3v) is 4.73. The predicted molar refractivity (Wildman–Crippen MR) is 68.0 cm³/mol. The Morgan fingerprint density at radius 3 is 2.24 bits per heavy atom. The fourth-order valence-electron chi connectivity index (χ4n) is 1.75. The smallest absolute Gasteiger partial charge is 0.240 e. The van der Waals surface area contributed by atoms with Crippen LogP contribution in [0.2, 0.25) is 0 Å². The van der Waals surface area contributed by atoms with Gasteiger partial charge in [0.15, 0.2) is 9.84 Å². The van der Waals surface area contributed by atoms with Gasteiger partial charge in [-0.05, 0) is 6.92 Å². The lowest BCUT2D eigenvalue weighted by Crippen LogP contribution is -2.52. The Morgan fingerprint density at radius 2 is 1.82 bits per heavy atom. The number of carbonyl (C=O) groups is 1. The Labute approximate surface area is 108 Å². The van der Waals surface area contributed by atoms with Crippen molar-refractivity contribution in [1.29, 1.82) is 0 Å². The maximum atomic E-state index is 11.9. The second-order valence-electron chi connectivity index (χ2n) is 4.33. The van der Waals surface area contributed by atoms with Crippen LogP contribution in [-0.2, 0) is 14.6 Å². The highest BCUT2D eigenvalue weighted by atomic mass is 35.5. The number of carbonyl (C=O) groups excluding carboxylic acids is 1. The summed E-state index contributed by atoms with van der Waals surface area (Å²) in [6, 6.07) is 0. The van der Waals surface area contributed by atoms with Crippen molar-refractivity contribution >= 4 is 27.3 Å². The van der Waals surface area contributed by atoms with Gasteiger partial charge in [-0.1, -0.05) is 0 Å². The van der Waals surface area contributed by atoms with Crippen LogP contribution in [0.1, 0.15) is 6.92 Å². The molecule has 17 heavy (non-hydrogen) atoms. The minimum atomic E-state index is -3.30. The zero-order valence-corrected chi connectivity index (χ0v) is 11.8. The molecule has 0 radical (unpaired) electrons. The van der Waals surface area contributed by atoms with Crippen LogP contribution in [0.15, 0.2) is 0 Å². The SMILES string of the molecule is CC(C(=O)N1CCN(CCCl)CC1)S(C)(=O)=O. The molecule has 1 unspecified atom stereocenters. The van der Waals surface area contributed by atoms with E-state index in [2.05, 4.69) is 4.90 Å². The van der Waals surface area contributed by atoms with E-state index >= 15 is 0 Å². The third-order valence-electron chi connectivity index (χ3n) is 3.07. The topological polar surface area (TPSA) is 57.7 Å². The summed E-state index contributed by atoms with van der Waals surface area (Å²) in [6.45, 7) is 4.93. The number of amides is 1. The van der Waals surface area contributed by atoms with Gasteiger partial charge in [0.25, 0.3) is 0 Å². The molecule has 0 aromatic rings. The fourth-order valence-corrected chi connectivity index (χ4v) is 2.51. The molecule has 0 aromatic carbocycles. The Hall–Kier alpha value is -0.330. The van der Waals surface area contributed by atoms with Crippen molar-refractivity contribution in [3.05, 3.63) is 0 Å². The first-order chi connectivity index (χ1) is 7.86. The molecule has 0 bridgehead atoms. The first-order valence-corrected chi connectivity index (χ1v) is 8.11. The van der Waals surface area contributed by atoms with E-state index in [0.717, 1.165) is 25.9 Å². The first kappa shape index (κ1) is 14.7. The molecule has 1 aliphatic rings. The molecule has 1 heterocycles. The zero-order chi connectivity index (χ0) is 13.1. The number of hydrogen-bond acceptors (Lipinski definition) is 4. The summed E-state index contributed by atoms with van der Waals surface area (Å²) in [5.74, 6) is 0.284. The lowest BCUT2D eigenvalue weighted by atomic mass is 10.3. The van der Waals surface area contributed by atoms with E-state index in [1.165, 1.54) is 6.92 Å². The molecule has 0 N–H and O–H groups in total. The molecule has 0 aliphatic carbocycles. The summed E-state index contributed by atoms with van der Waals surface area (Å²) in [6.07, 6.45) is 1.10. The van der Waals surface area contributed by atoms with Crippen molar-refractivity contribution in [3.63, 3.8) is 0 Å². The summed E-state index contributed by atoms with van der Waals surface area (Å²) in [5.41, 5.74) is 0. The highest BCUT2D eigenvalue weighted by molar-refractivity contribution is 7.92. The Kier molecular flexibility index (Phi) is 5.22. The fraction of sp³-hybridized carbons (Fsp3) is 0.900. The average Bonchev–Trinajstić information content (AvgIpc) is 2.27. The Morgan fingerprint density at radius 1 is 1.29 bits per heavy atom. The molecular formula is C10H19ClN2O3S. The molecule has 1 fully saturated rings. The number of hydrogen-bond donors (Lipinski definition) is 0. The molecule has 1 amide bonds. The summed E-state index contributed by atoms with van der Waals surface area (Å²) < 4.78 is 22.6. The number of piperazine rings is 1. The molecule has 1 saturated heterocycles. The van der Waals surface area contributed by atoms with Crippen molar-refractivity contribution in [2.24, 2.45) is 0 Å². The van der Waals surface area contributed by atoms with Crippen LogP contribution in [0.25, 0.3) is 0 Å². The lowest BCUT2D eigenvalue weighted by Gasteiger charge is -2.35. The number of halogens is 1. The van der Waals surface area contributed by atoms with Gasteiger partial charge in [0, 0.05) is 44.9 Å². The van der Waals surface area contributed by atoms with Gasteiger partial charge < -0.3 is 4.90 Å². The Balaban J connectivity index is 2.52. The summed E-state index contributed by atoms with van der Waals surface area (Å²) >= 11 is 5.64. The molecular weight excluding hydrogens is 264 g/mol. The average molecular weight is 283 g/mol. The van der Waals surface area contributed by atoms with Gasteiger partial charge >= 0.3 is 0 Å². The minimum Gasteiger partial charge on any atom is -0.339 e. The van der Waals surface area contributed by atoms with Crippen LogP contribution in [0.5, 0.6) is 0 Å². The maximum absolute atomic E-state index is 11.9. The van der Waals surface area contributed by atoms with Crippen molar-refractivity contribution in [1.82, 2.24) is 9.80 Å². The van der Waals surface area contributed by atoms with E-state index in [9.17, 15) is 13.2 Å². The lowest BCUT2D eigenvalue weighted by molar-refractivity contribution is -0.132. The van der Waals surface area contributed by atoms with Crippen LogP contribution < -0.4 is 0 Å². The quantitative estimate of drug-likeness (QED) is 0.670. The maximum Gasteiger partial charge on any atom is 0.240 e. The summed E-state index contributed by atoms with van der Waals surface area (Å²) in [4.78, 5) is 15.7. The second-order valence-corrected chi connectivity index (χ2v) is 7.07. The van der Waals surface area contributed by atoms with Crippen molar-refractivity contribution in [3.8, 4) is 0 Å². The molecule has 1 aliphatic heterocycles. The molecule has 1 atom stereocenters. The zero-order valence-electron chi connectivity index (χ0n) is 10.2. The highest BCUT2D eigenvalue weighted by Gasteiger charge is 2.30. The summed E-state index contributed by atoms with van der Waals surface area (Å²) in [5, 5.41) is -0.943. The van der Waals surface area contributed by atoms with Gasteiger partial charge in [0.05, 0.1) is 0 Å². The molecule has 0 spiro atoms.